The van der Waals surface area contributed by atoms with E-state index in [9.17, 15) is 0 Å². The van der Waals surface area contributed by atoms with Crippen molar-refractivity contribution in [1.82, 2.24) is 0 Å². The van der Waals surface area contributed by atoms with Crippen LogP contribution in [0.1, 0.15) is 49.0 Å². The van der Waals surface area contributed by atoms with Crippen molar-refractivity contribution in [2.45, 2.75) is 60.2 Å². The molecule has 0 rings (SSSR count). The van der Waals surface area contributed by atoms with Crippen molar-refractivity contribution in [3.05, 3.63) is 0 Å². The van der Waals surface area contributed by atoms with Gasteiger partial charge in [-0.25, -0.2) is 0 Å². The van der Waals surface area contributed by atoms with Gasteiger partial charge >= 0.3 is 98.0 Å². The van der Waals surface area contributed by atoms with E-state index in [1.807, 2.05) is 41.5 Å². The minimum atomic E-state index is -2.08. The first-order valence-corrected chi connectivity index (χ1v) is 9.95. The second-order valence-electron chi connectivity index (χ2n) is 5.03. The van der Waals surface area contributed by atoms with Crippen LogP contribution in [0.2, 0.25) is 0 Å². The molecule has 4 heteroatoms. The van der Waals surface area contributed by atoms with Crippen molar-refractivity contribution in [1.29, 1.82) is 0 Å². The molecule has 0 saturated carbocycles. The van der Waals surface area contributed by atoms with Crippen molar-refractivity contribution in [3.8, 4) is 12.1 Å². The summed E-state index contributed by atoms with van der Waals surface area (Å²) in [5.41, 5.74) is 2.21. The minimum absolute atomic E-state index is 0. The first-order valence-electron chi connectivity index (χ1n) is 4.47. The molecule has 0 aromatic carbocycles. The second-order valence-corrected chi connectivity index (χ2v) is 11.8. The van der Waals surface area contributed by atoms with E-state index in [1.54, 1.807) is 0 Å². The third-order valence-corrected chi connectivity index (χ3v) is 5.58. The van der Waals surface area contributed by atoms with E-state index in [0.29, 0.717) is 0 Å². The SMILES string of the molecule is C.C#C[P](=[W])(OC(C)(C)C)OC(C)(C)C. The second kappa shape index (κ2) is 5.79. The molecule has 0 aromatic rings. The average molecular weight is 402 g/mol. The quantitative estimate of drug-likeness (QED) is 0.511. The Morgan fingerprint density at radius 3 is 1.40 bits per heavy atom. The van der Waals surface area contributed by atoms with Crippen molar-refractivity contribution in [3.63, 3.8) is 0 Å². The van der Waals surface area contributed by atoms with E-state index < -0.39 is 5.35 Å². The molecule has 0 aromatic heterocycles. The fourth-order valence-electron chi connectivity index (χ4n) is 0.792. The molecule has 0 saturated heterocycles. The molecule has 0 N–H and O–H groups in total. The average Bonchev–Trinajstić information content (AvgIpc) is 1.78. The monoisotopic (exact) mass is 402 g/mol. The molecule has 0 aliphatic rings. The molecule has 0 aliphatic heterocycles. The summed E-state index contributed by atoms with van der Waals surface area (Å²) in [5.74, 6) is 0. The van der Waals surface area contributed by atoms with Gasteiger partial charge in [-0.3, -0.25) is 0 Å². The third kappa shape index (κ3) is 9.52. The Bertz CT molecular complexity index is 258. The van der Waals surface area contributed by atoms with Gasteiger partial charge in [-0.15, -0.1) is 0 Å². The Morgan fingerprint density at radius 1 is 1.00 bits per heavy atom. The molecule has 0 fully saturated rings. The zero-order valence-electron chi connectivity index (χ0n) is 9.75. The zero-order valence-corrected chi connectivity index (χ0v) is 13.6. The van der Waals surface area contributed by atoms with Gasteiger partial charge in [-0.1, -0.05) is 7.43 Å². The molecular formula is C11H23O2PW. The number of hydrogen-bond donors (Lipinski definition) is 0. The van der Waals surface area contributed by atoms with Gasteiger partial charge in [0.05, 0.1) is 0 Å². The summed E-state index contributed by atoms with van der Waals surface area (Å²) in [6.45, 7) is 12.0. The van der Waals surface area contributed by atoms with Crippen LogP contribution < -0.4 is 0 Å². The summed E-state index contributed by atoms with van der Waals surface area (Å²) >= 11 is 1.21. The molecule has 0 radical (unpaired) electrons. The summed E-state index contributed by atoms with van der Waals surface area (Å²) in [7, 11) is 0. The van der Waals surface area contributed by atoms with E-state index in [0.717, 1.165) is 0 Å². The first kappa shape index (κ1) is 18.0. The van der Waals surface area contributed by atoms with E-state index in [2.05, 4.69) is 5.66 Å². The normalized spacial score (nSPS) is 12.9. The number of rotatable bonds is 2. The topological polar surface area (TPSA) is 18.5 Å². The van der Waals surface area contributed by atoms with Gasteiger partial charge in [0.15, 0.2) is 0 Å². The van der Waals surface area contributed by atoms with E-state index in [-0.39, 0.29) is 18.6 Å². The maximum atomic E-state index is 5.84. The maximum absolute atomic E-state index is 5.84. The molecule has 15 heavy (non-hydrogen) atoms. The number of terminal acetylenes is 1. The van der Waals surface area contributed by atoms with Crippen LogP contribution in [0.25, 0.3) is 0 Å². The zero-order chi connectivity index (χ0) is 11.6. The van der Waals surface area contributed by atoms with Crippen molar-refractivity contribution in [2.75, 3.05) is 0 Å². The van der Waals surface area contributed by atoms with E-state index >= 15 is 0 Å². The molecule has 0 bridgehead atoms. The van der Waals surface area contributed by atoms with Gasteiger partial charge in [0.1, 0.15) is 0 Å². The molecular weight excluding hydrogens is 379 g/mol. The van der Waals surface area contributed by atoms with Gasteiger partial charge in [0.2, 0.25) is 0 Å². The number of hydrogen-bond acceptors (Lipinski definition) is 2. The summed E-state index contributed by atoms with van der Waals surface area (Å²) in [6, 6.07) is 0. The fraction of sp³-hybridized carbons (Fsp3) is 0.818. The van der Waals surface area contributed by atoms with Crippen LogP contribution in [-0.2, 0) is 27.9 Å². The molecule has 0 unspecified atom stereocenters. The van der Waals surface area contributed by atoms with Crippen LogP contribution in [0.4, 0.5) is 0 Å². The van der Waals surface area contributed by atoms with Gasteiger partial charge in [-0.2, -0.15) is 0 Å². The molecule has 0 atom stereocenters. The summed E-state index contributed by atoms with van der Waals surface area (Å²) in [5, 5.41) is -2.08. The van der Waals surface area contributed by atoms with E-state index in [1.165, 1.54) is 18.8 Å². The van der Waals surface area contributed by atoms with Gasteiger partial charge in [0, 0.05) is 0 Å². The standard InChI is InChI=1S/C10H19O2P.CH4.W/c1-8-13(11-9(2,3)4)12-10(5,6)7;;/h1H,2-7H3;1H4;. The van der Waals surface area contributed by atoms with Crippen LogP contribution in [0.5, 0.6) is 0 Å². The Morgan fingerprint density at radius 2 is 1.27 bits per heavy atom. The Kier molecular flexibility index (Phi) is 6.94. The van der Waals surface area contributed by atoms with Crippen LogP contribution >= 0.6 is 5.35 Å². The van der Waals surface area contributed by atoms with Gasteiger partial charge < -0.3 is 0 Å². The van der Waals surface area contributed by atoms with Crippen molar-refractivity contribution in [2.24, 2.45) is 0 Å². The van der Waals surface area contributed by atoms with Crippen molar-refractivity contribution >= 4 is 5.35 Å². The predicted octanol–water partition coefficient (Wildman–Crippen LogP) is 4.15. The summed E-state index contributed by atoms with van der Waals surface area (Å²) < 4.78 is 11.7. The van der Waals surface area contributed by atoms with Crippen LogP contribution in [0, 0.1) is 12.1 Å². The molecule has 0 spiro atoms. The van der Waals surface area contributed by atoms with E-state index in [4.69, 9.17) is 15.5 Å². The Balaban J connectivity index is 0. The molecule has 0 aliphatic carbocycles. The fourth-order valence-corrected chi connectivity index (χ4v) is 7.20. The molecule has 0 amide bonds. The van der Waals surface area contributed by atoms with Crippen molar-refractivity contribution < 1.29 is 27.9 Å². The Labute approximate surface area is 105 Å². The van der Waals surface area contributed by atoms with Crippen LogP contribution in [-0.4, -0.2) is 11.2 Å². The van der Waals surface area contributed by atoms with Gasteiger partial charge in [0.25, 0.3) is 0 Å². The summed E-state index contributed by atoms with van der Waals surface area (Å²) in [6.07, 6.45) is 5.49. The molecule has 90 valence electrons. The molecule has 0 heterocycles. The molecule has 2 nitrogen and oxygen atoms in total. The van der Waals surface area contributed by atoms with Crippen LogP contribution in [0.3, 0.4) is 0 Å². The summed E-state index contributed by atoms with van der Waals surface area (Å²) in [4.78, 5) is 0. The third-order valence-electron chi connectivity index (χ3n) is 0.946. The van der Waals surface area contributed by atoms with Crippen LogP contribution in [0.15, 0.2) is 0 Å². The first-order chi connectivity index (χ1) is 5.97. The predicted molar refractivity (Wildman–Crippen MR) is 64.2 cm³/mol. The Hall–Kier alpha value is 0.598. The van der Waals surface area contributed by atoms with Gasteiger partial charge in [-0.05, 0) is 0 Å².